The molecule has 4 aromatic rings. The average Bonchev–Trinajstić information content (AvgIpc) is 3.33. The summed E-state index contributed by atoms with van der Waals surface area (Å²) in [6, 6.07) is 15.5. The van der Waals surface area contributed by atoms with E-state index in [1.807, 2.05) is 23.1 Å². The average molecular weight is 505 g/mol. The monoisotopic (exact) mass is 504 g/mol. The van der Waals surface area contributed by atoms with E-state index in [2.05, 4.69) is 17.2 Å². The zero-order chi connectivity index (χ0) is 25.2. The van der Waals surface area contributed by atoms with Gasteiger partial charge in [-0.25, -0.2) is 4.98 Å². The van der Waals surface area contributed by atoms with Crippen molar-refractivity contribution in [3.8, 4) is 11.5 Å². The van der Waals surface area contributed by atoms with Crippen LogP contribution in [0.4, 0.5) is 17.1 Å². The van der Waals surface area contributed by atoms with Gasteiger partial charge in [0, 0.05) is 30.4 Å². The third-order valence-corrected chi connectivity index (χ3v) is 6.78. The zero-order valence-electron chi connectivity index (χ0n) is 19.8. The number of aromatic nitrogens is 1. The first-order valence-corrected chi connectivity index (χ1v) is 12.3. The van der Waals surface area contributed by atoms with E-state index in [0.29, 0.717) is 33.4 Å². The summed E-state index contributed by atoms with van der Waals surface area (Å²) in [5, 5.41) is 15.0. The second-order valence-electron chi connectivity index (χ2n) is 8.83. The predicted octanol–water partition coefficient (Wildman–Crippen LogP) is 6.86. The Hall–Kier alpha value is -3.91. The van der Waals surface area contributed by atoms with E-state index in [1.54, 1.807) is 30.3 Å². The molecule has 1 saturated heterocycles. The van der Waals surface area contributed by atoms with E-state index >= 15 is 0 Å². The molecule has 5 rings (SSSR count). The number of hydrogen-bond acceptors (Lipinski definition) is 6. The molecular weight excluding hydrogens is 480 g/mol. The molecule has 0 aliphatic carbocycles. The minimum Gasteiger partial charge on any atom is -0.436 e. The number of nitrogens with one attached hydrogen (secondary N) is 1. The molecule has 0 radical (unpaired) electrons. The van der Waals surface area contributed by atoms with Gasteiger partial charge in [0.25, 0.3) is 11.6 Å². The lowest BCUT2D eigenvalue weighted by Crippen LogP contribution is -2.30. The quantitative estimate of drug-likeness (QED) is 0.227. The smallest absolute Gasteiger partial charge is 0.293 e. The van der Waals surface area contributed by atoms with Crippen LogP contribution in [0.3, 0.4) is 0 Å². The number of halogens is 1. The molecule has 3 aromatic carbocycles. The Labute approximate surface area is 213 Å². The van der Waals surface area contributed by atoms with E-state index < -0.39 is 10.8 Å². The van der Waals surface area contributed by atoms with Crippen molar-refractivity contribution in [1.29, 1.82) is 0 Å². The molecule has 0 atom stereocenters. The molecule has 1 aromatic heterocycles. The summed E-state index contributed by atoms with van der Waals surface area (Å²) in [5.74, 6) is -0.109. The summed E-state index contributed by atoms with van der Waals surface area (Å²) >= 11 is 6.42. The highest BCUT2D eigenvalue weighted by Crippen LogP contribution is 2.34. The van der Waals surface area contributed by atoms with E-state index in [-0.39, 0.29) is 11.3 Å². The second kappa shape index (κ2) is 9.99. The van der Waals surface area contributed by atoms with E-state index in [0.717, 1.165) is 49.9 Å². The fourth-order valence-corrected chi connectivity index (χ4v) is 4.69. The highest BCUT2D eigenvalue weighted by atomic mass is 35.5. The van der Waals surface area contributed by atoms with Gasteiger partial charge in [0.05, 0.1) is 15.5 Å². The Balaban J connectivity index is 1.41. The van der Waals surface area contributed by atoms with Crippen LogP contribution in [-0.2, 0) is 6.42 Å². The van der Waals surface area contributed by atoms with Gasteiger partial charge >= 0.3 is 0 Å². The third-order valence-electron chi connectivity index (χ3n) is 6.45. The number of anilines is 2. The van der Waals surface area contributed by atoms with Gasteiger partial charge in [-0.1, -0.05) is 24.6 Å². The number of carbonyl (C=O) groups is 1. The molecule has 1 aliphatic heterocycles. The normalized spacial score (nSPS) is 13.7. The maximum atomic E-state index is 13.0. The Morgan fingerprint density at radius 1 is 1.11 bits per heavy atom. The van der Waals surface area contributed by atoms with Crippen molar-refractivity contribution in [3.05, 3.63) is 80.9 Å². The molecule has 0 spiro atoms. The predicted molar refractivity (Wildman–Crippen MR) is 141 cm³/mol. The molecule has 0 saturated carbocycles. The molecule has 184 valence electrons. The number of hydrogen-bond donors (Lipinski definition) is 1. The number of benzene rings is 3. The number of nitrogens with zero attached hydrogens (tertiary/aromatic N) is 3. The van der Waals surface area contributed by atoms with E-state index in [9.17, 15) is 14.9 Å². The number of piperidine rings is 1. The van der Waals surface area contributed by atoms with E-state index in [4.69, 9.17) is 16.0 Å². The Morgan fingerprint density at radius 3 is 2.67 bits per heavy atom. The molecule has 1 fully saturated rings. The van der Waals surface area contributed by atoms with Crippen molar-refractivity contribution >= 4 is 45.7 Å². The molecular formula is C27H25ClN4O4. The first-order valence-electron chi connectivity index (χ1n) is 12.0. The first-order chi connectivity index (χ1) is 17.4. The largest absolute Gasteiger partial charge is 0.436 e. The zero-order valence-corrected chi connectivity index (χ0v) is 20.5. The summed E-state index contributed by atoms with van der Waals surface area (Å²) in [6.07, 6.45) is 4.01. The van der Waals surface area contributed by atoms with Crippen molar-refractivity contribution in [3.63, 3.8) is 0 Å². The fourth-order valence-electron chi connectivity index (χ4n) is 4.49. The van der Waals surface area contributed by atoms with E-state index in [1.165, 1.54) is 6.07 Å². The van der Waals surface area contributed by atoms with Crippen LogP contribution in [0.15, 0.2) is 59.0 Å². The lowest BCUT2D eigenvalue weighted by atomic mass is 10.1. The van der Waals surface area contributed by atoms with Gasteiger partial charge in [-0.15, -0.1) is 0 Å². The number of nitro benzene ring substituents is 1. The summed E-state index contributed by atoms with van der Waals surface area (Å²) in [5.41, 5.74) is 4.22. The van der Waals surface area contributed by atoms with Gasteiger partial charge in [0.1, 0.15) is 11.2 Å². The minimum atomic E-state index is -0.457. The Morgan fingerprint density at radius 2 is 1.92 bits per heavy atom. The van der Waals surface area contributed by atoms with Crippen LogP contribution >= 0.6 is 11.6 Å². The Kier molecular flexibility index (Phi) is 6.61. The molecule has 8 nitrogen and oxygen atoms in total. The summed E-state index contributed by atoms with van der Waals surface area (Å²) in [6.45, 7) is 3.62. The number of fused-ring (bicyclic) bond motifs is 1. The van der Waals surface area contributed by atoms with Crippen LogP contribution in [0.1, 0.15) is 42.1 Å². The summed E-state index contributed by atoms with van der Waals surface area (Å²) in [7, 11) is 0. The maximum Gasteiger partial charge on any atom is 0.293 e. The Bertz CT molecular complexity index is 1460. The molecule has 1 N–H and O–H groups in total. The van der Waals surface area contributed by atoms with Gasteiger partial charge in [-0.3, -0.25) is 14.9 Å². The SMILES string of the molecule is CCc1ccc2oc(-c3cc(NC(=O)c4ccc(N5CCCCC5)c([N+](=O)[O-])c4)ccc3Cl)nc2c1. The second-order valence-corrected chi connectivity index (χ2v) is 9.24. The van der Waals surface area contributed by atoms with Crippen LogP contribution in [0.2, 0.25) is 5.02 Å². The van der Waals surface area contributed by atoms with Gasteiger partial charge < -0.3 is 14.6 Å². The fraction of sp³-hybridized carbons (Fsp3) is 0.259. The number of nitro groups is 1. The maximum absolute atomic E-state index is 13.0. The van der Waals surface area contributed by atoms with Crippen molar-refractivity contribution in [2.75, 3.05) is 23.3 Å². The number of aryl methyl sites for hydroxylation is 1. The molecule has 1 amide bonds. The van der Waals surface area contributed by atoms with Gasteiger partial charge in [-0.05, 0) is 73.7 Å². The highest BCUT2D eigenvalue weighted by Gasteiger charge is 2.23. The lowest BCUT2D eigenvalue weighted by Gasteiger charge is -2.28. The van der Waals surface area contributed by atoms with Crippen LogP contribution < -0.4 is 10.2 Å². The standard InChI is InChI=1S/C27H25ClN4O4/c1-2-17-6-11-25-22(14-17)30-27(36-25)20-16-19(8-9-21(20)28)29-26(33)18-7-10-23(24(15-18)32(34)35)31-12-4-3-5-13-31/h6-11,14-16H,2-5,12-13H2,1H3,(H,29,33). The van der Waals surface area contributed by atoms with Crippen LogP contribution in [0, 0.1) is 10.1 Å². The molecule has 2 heterocycles. The van der Waals surface area contributed by atoms with Gasteiger partial charge in [-0.2, -0.15) is 0 Å². The number of oxazole rings is 1. The van der Waals surface area contributed by atoms with Crippen molar-refractivity contribution < 1.29 is 14.1 Å². The minimum absolute atomic E-state index is 0.0701. The summed E-state index contributed by atoms with van der Waals surface area (Å²) < 4.78 is 5.90. The van der Waals surface area contributed by atoms with Crippen molar-refractivity contribution in [2.24, 2.45) is 0 Å². The van der Waals surface area contributed by atoms with Crippen LogP contribution in [0.5, 0.6) is 0 Å². The van der Waals surface area contributed by atoms with Crippen LogP contribution in [0.25, 0.3) is 22.6 Å². The molecule has 0 bridgehead atoms. The van der Waals surface area contributed by atoms with Gasteiger partial charge in [0.2, 0.25) is 5.89 Å². The van der Waals surface area contributed by atoms with Gasteiger partial charge in [0.15, 0.2) is 5.58 Å². The van der Waals surface area contributed by atoms with Crippen molar-refractivity contribution in [2.45, 2.75) is 32.6 Å². The molecule has 36 heavy (non-hydrogen) atoms. The van der Waals surface area contributed by atoms with Crippen LogP contribution in [-0.4, -0.2) is 28.9 Å². The number of carbonyl (C=O) groups excluding carboxylic acids is 1. The highest BCUT2D eigenvalue weighted by molar-refractivity contribution is 6.33. The number of rotatable bonds is 6. The third kappa shape index (κ3) is 4.77. The topological polar surface area (TPSA) is 102 Å². The molecule has 1 aliphatic rings. The molecule has 0 unspecified atom stereocenters. The molecule has 9 heteroatoms. The lowest BCUT2D eigenvalue weighted by molar-refractivity contribution is -0.384. The summed E-state index contributed by atoms with van der Waals surface area (Å²) in [4.78, 5) is 30.9. The number of amides is 1. The first kappa shape index (κ1) is 23.8. The van der Waals surface area contributed by atoms with Crippen molar-refractivity contribution in [1.82, 2.24) is 4.98 Å².